The van der Waals surface area contributed by atoms with Crippen molar-refractivity contribution in [3.63, 3.8) is 0 Å². The van der Waals surface area contributed by atoms with Gasteiger partial charge in [-0.3, -0.25) is 5.43 Å². The number of halogens is 2. The fraction of sp³-hybridized carbons (Fsp3) is 0. The first-order valence-corrected chi connectivity index (χ1v) is 5.53. The van der Waals surface area contributed by atoms with Crippen LogP contribution in [0.25, 0.3) is 0 Å². The first kappa shape index (κ1) is 14.0. The molecule has 0 fully saturated rings. The smallest absolute Gasteiger partial charge is 0.335 e. The summed E-state index contributed by atoms with van der Waals surface area (Å²) >= 11 is 8.97. The van der Waals surface area contributed by atoms with Gasteiger partial charge in [0.25, 0.3) is 0 Å². The van der Waals surface area contributed by atoms with Gasteiger partial charge in [0.05, 0.1) is 16.3 Å². The molecular weight excluding hydrogens is 323 g/mol. The summed E-state index contributed by atoms with van der Waals surface area (Å²) in [7, 11) is 0. The van der Waals surface area contributed by atoms with E-state index in [-0.39, 0.29) is 22.0 Å². The van der Waals surface area contributed by atoms with Crippen LogP contribution in [-0.2, 0) is 0 Å². The summed E-state index contributed by atoms with van der Waals surface area (Å²) in [5.74, 6) is -1.12. The van der Waals surface area contributed by atoms with Crippen LogP contribution in [0.5, 0.6) is 0 Å². The maximum atomic E-state index is 10.8. The van der Waals surface area contributed by atoms with Crippen molar-refractivity contribution in [1.82, 2.24) is 0 Å². The van der Waals surface area contributed by atoms with Gasteiger partial charge in [-0.1, -0.05) is 11.6 Å². The number of rotatable bonds is 3. The molecule has 0 spiro atoms. The zero-order valence-electron chi connectivity index (χ0n) is 8.61. The van der Waals surface area contributed by atoms with Crippen LogP contribution in [0.3, 0.4) is 0 Å². The molecule has 2 N–H and O–H groups in total. The molecule has 18 heavy (non-hydrogen) atoms. The third-order valence-electron chi connectivity index (χ3n) is 1.78. The zero-order chi connectivity index (χ0) is 13.7. The fourth-order valence-electron chi connectivity index (χ4n) is 0.990. The summed E-state index contributed by atoms with van der Waals surface area (Å²) in [6, 6.07) is 5.68. The second kappa shape index (κ2) is 6.01. The van der Waals surface area contributed by atoms with Crippen LogP contribution in [0.15, 0.2) is 21.7 Å². The van der Waals surface area contributed by atoms with E-state index in [2.05, 4.69) is 26.5 Å². The van der Waals surface area contributed by atoms with Crippen molar-refractivity contribution in [3.05, 3.63) is 27.2 Å². The molecule has 0 aliphatic rings. The van der Waals surface area contributed by atoms with E-state index in [0.717, 1.165) is 0 Å². The summed E-state index contributed by atoms with van der Waals surface area (Å²) in [5.41, 5.74) is 2.32. The summed E-state index contributed by atoms with van der Waals surface area (Å²) in [6.45, 7) is 0. The minimum absolute atomic E-state index is 0.00203. The number of nitrogens with zero attached hydrogens (tertiary/aromatic N) is 3. The Bertz CT molecular complexity index is 576. The van der Waals surface area contributed by atoms with Crippen LogP contribution in [0.2, 0.25) is 5.02 Å². The first-order valence-electron chi connectivity index (χ1n) is 4.35. The van der Waals surface area contributed by atoms with Crippen LogP contribution in [0.4, 0.5) is 5.69 Å². The third-order valence-corrected chi connectivity index (χ3v) is 2.70. The van der Waals surface area contributed by atoms with E-state index in [1.54, 1.807) is 12.1 Å². The van der Waals surface area contributed by atoms with Gasteiger partial charge in [-0.25, -0.2) is 4.79 Å². The Kier molecular flexibility index (Phi) is 4.67. The molecule has 0 bridgehead atoms. The second-order valence-electron chi connectivity index (χ2n) is 2.92. The van der Waals surface area contributed by atoms with E-state index in [0.29, 0.717) is 4.47 Å². The molecule has 1 rings (SSSR count). The predicted octanol–water partition coefficient (Wildman–Crippen LogP) is 2.62. The number of anilines is 1. The van der Waals surface area contributed by atoms with Crippen molar-refractivity contribution >= 4 is 44.9 Å². The van der Waals surface area contributed by atoms with E-state index < -0.39 is 5.97 Å². The molecule has 0 unspecified atom stereocenters. The Labute approximate surface area is 115 Å². The van der Waals surface area contributed by atoms with Crippen LogP contribution in [0.1, 0.15) is 10.4 Å². The second-order valence-corrected chi connectivity index (χ2v) is 4.18. The summed E-state index contributed by atoms with van der Waals surface area (Å²) in [5, 5.41) is 29.4. The molecule has 90 valence electrons. The summed E-state index contributed by atoms with van der Waals surface area (Å²) in [6.07, 6.45) is 0. The zero-order valence-corrected chi connectivity index (χ0v) is 10.9. The minimum Gasteiger partial charge on any atom is -0.478 e. The van der Waals surface area contributed by atoms with Gasteiger partial charge in [-0.15, -0.1) is 0 Å². The first-order chi connectivity index (χ1) is 8.49. The van der Waals surface area contributed by atoms with Gasteiger partial charge in [-0.05, 0) is 28.1 Å². The van der Waals surface area contributed by atoms with E-state index in [1.807, 2.05) is 0 Å². The molecular formula is C10H4BrClN4O2. The van der Waals surface area contributed by atoms with E-state index >= 15 is 0 Å². The molecule has 1 aromatic carbocycles. The fourth-order valence-corrected chi connectivity index (χ4v) is 1.91. The van der Waals surface area contributed by atoms with E-state index in [4.69, 9.17) is 27.2 Å². The number of hydrazone groups is 1. The van der Waals surface area contributed by atoms with Crippen LogP contribution in [-0.4, -0.2) is 16.8 Å². The predicted molar refractivity (Wildman–Crippen MR) is 68.4 cm³/mol. The number of carboxylic acids is 1. The van der Waals surface area contributed by atoms with Crippen molar-refractivity contribution in [3.8, 4) is 12.1 Å². The van der Waals surface area contributed by atoms with E-state index in [1.165, 1.54) is 12.1 Å². The standard InChI is InChI=1S/C10H4BrClN4O2/c11-7-1-5(10(17)18)2-8(12)9(7)16-15-6(3-13)4-14/h1-2,16H,(H,17,18). The minimum atomic E-state index is -1.12. The number of benzene rings is 1. The largest absolute Gasteiger partial charge is 0.478 e. The lowest BCUT2D eigenvalue weighted by molar-refractivity contribution is 0.0697. The van der Waals surface area contributed by atoms with Crippen molar-refractivity contribution in [2.24, 2.45) is 5.10 Å². The number of hydrogen-bond acceptors (Lipinski definition) is 5. The van der Waals surface area contributed by atoms with Crippen LogP contribution in [0, 0.1) is 22.7 Å². The number of carbonyl (C=O) groups is 1. The van der Waals surface area contributed by atoms with Gasteiger partial charge in [0, 0.05) is 4.47 Å². The highest BCUT2D eigenvalue weighted by Crippen LogP contribution is 2.32. The summed E-state index contributed by atoms with van der Waals surface area (Å²) < 4.78 is 0.353. The van der Waals surface area contributed by atoms with Crippen molar-refractivity contribution in [2.45, 2.75) is 0 Å². The highest BCUT2D eigenvalue weighted by molar-refractivity contribution is 9.10. The number of nitrogens with one attached hydrogen (secondary N) is 1. The molecule has 0 amide bonds. The Hall–Kier alpha value is -2.09. The lowest BCUT2D eigenvalue weighted by Gasteiger charge is -2.07. The summed E-state index contributed by atoms with van der Waals surface area (Å²) in [4.78, 5) is 10.8. The SMILES string of the molecule is N#CC(C#N)=NNc1c(Cl)cc(C(=O)O)cc1Br. The average molecular weight is 328 g/mol. The highest BCUT2D eigenvalue weighted by Gasteiger charge is 2.11. The lowest BCUT2D eigenvalue weighted by Crippen LogP contribution is -2.01. The number of nitriles is 2. The maximum Gasteiger partial charge on any atom is 0.335 e. The maximum absolute atomic E-state index is 10.8. The lowest BCUT2D eigenvalue weighted by atomic mass is 10.2. The van der Waals surface area contributed by atoms with Gasteiger partial charge in [-0.2, -0.15) is 15.6 Å². The molecule has 0 saturated heterocycles. The Balaban J connectivity index is 3.14. The molecule has 0 saturated carbocycles. The topological polar surface area (TPSA) is 109 Å². The van der Waals surface area contributed by atoms with Gasteiger partial charge in [0.2, 0.25) is 5.71 Å². The van der Waals surface area contributed by atoms with Gasteiger partial charge in [0.15, 0.2) is 0 Å². The van der Waals surface area contributed by atoms with Gasteiger partial charge >= 0.3 is 5.97 Å². The number of carboxylic acid groups (broad SMARTS) is 1. The quantitative estimate of drug-likeness (QED) is 0.655. The highest BCUT2D eigenvalue weighted by atomic mass is 79.9. The van der Waals surface area contributed by atoms with Crippen molar-refractivity contribution in [1.29, 1.82) is 10.5 Å². The Morgan fingerprint density at radius 2 is 2.06 bits per heavy atom. The van der Waals surface area contributed by atoms with Crippen LogP contribution >= 0.6 is 27.5 Å². The molecule has 0 aromatic heterocycles. The number of hydrogen-bond donors (Lipinski definition) is 2. The van der Waals surface area contributed by atoms with Crippen molar-refractivity contribution < 1.29 is 9.90 Å². The molecule has 0 aliphatic carbocycles. The molecule has 1 aromatic rings. The molecule has 0 aliphatic heterocycles. The van der Waals surface area contributed by atoms with Crippen LogP contribution < -0.4 is 5.43 Å². The normalized spacial score (nSPS) is 8.89. The van der Waals surface area contributed by atoms with Gasteiger partial charge < -0.3 is 5.11 Å². The third kappa shape index (κ3) is 3.20. The average Bonchev–Trinajstić information content (AvgIpc) is 2.32. The number of aromatic carboxylic acids is 1. The molecule has 0 radical (unpaired) electrons. The Morgan fingerprint density at radius 1 is 1.44 bits per heavy atom. The van der Waals surface area contributed by atoms with Crippen molar-refractivity contribution in [2.75, 3.05) is 5.43 Å². The monoisotopic (exact) mass is 326 g/mol. The van der Waals surface area contributed by atoms with Gasteiger partial charge in [0.1, 0.15) is 12.1 Å². The van der Waals surface area contributed by atoms with E-state index in [9.17, 15) is 4.79 Å². The molecule has 0 atom stereocenters. The molecule has 8 heteroatoms. The molecule has 6 nitrogen and oxygen atoms in total. The Morgan fingerprint density at radius 3 is 2.50 bits per heavy atom. The molecule has 0 heterocycles.